The van der Waals surface area contributed by atoms with Gasteiger partial charge in [0.1, 0.15) is 0 Å². The summed E-state index contributed by atoms with van der Waals surface area (Å²) in [6.45, 7) is 3.93. The van der Waals surface area contributed by atoms with Crippen LogP contribution in [0.2, 0.25) is 0 Å². The van der Waals surface area contributed by atoms with Crippen LogP contribution in [0.1, 0.15) is 31.0 Å². The Balaban J connectivity index is 2.54. The molecule has 0 saturated carbocycles. The van der Waals surface area contributed by atoms with E-state index in [2.05, 4.69) is 4.98 Å². The summed E-state index contributed by atoms with van der Waals surface area (Å²) in [6.07, 6.45) is 2.33. The van der Waals surface area contributed by atoms with E-state index in [1.54, 1.807) is 18.1 Å². The number of aryl methyl sites for hydroxylation is 1. The number of carbonyl (C=O) groups is 2. The number of likely N-dealkylation sites (N-methyl/N-ethyl adjacent to an activating group) is 1. The molecule has 1 atom stereocenters. The number of carboxylic acid groups (broad SMARTS) is 1. The highest BCUT2D eigenvalue weighted by atomic mass is 16.4. The van der Waals surface area contributed by atoms with Gasteiger partial charge in [0.2, 0.25) is 5.91 Å². The van der Waals surface area contributed by atoms with Gasteiger partial charge < -0.3 is 10.0 Å². The highest BCUT2D eigenvalue weighted by molar-refractivity contribution is 5.80. The molecule has 0 bridgehead atoms. The van der Waals surface area contributed by atoms with Gasteiger partial charge in [0.25, 0.3) is 0 Å². The van der Waals surface area contributed by atoms with E-state index in [9.17, 15) is 9.59 Å². The Labute approximate surface area is 113 Å². The summed E-state index contributed by atoms with van der Waals surface area (Å²) >= 11 is 0. The zero-order valence-electron chi connectivity index (χ0n) is 11.6. The van der Waals surface area contributed by atoms with E-state index in [0.29, 0.717) is 6.42 Å². The lowest BCUT2D eigenvalue weighted by Crippen LogP contribution is -2.36. The van der Waals surface area contributed by atoms with Gasteiger partial charge in [0, 0.05) is 37.8 Å². The maximum Gasteiger partial charge on any atom is 0.303 e. The molecule has 5 nitrogen and oxygen atoms in total. The minimum Gasteiger partial charge on any atom is -0.481 e. The van der Waals surface area contributed by atoms with Crippen molar-refractivity contribution in [3.8, 4) is 0 Å². The van der Waals surface area contributed by atoms with E-state index in [4.69, 9.17) is 5.11 Å². The molecule has 0 aliphatic carbocycles. The van der Waals surface area contributed by atoms with Crippen LogP contribution in [0.4, 0.5) is 0 Å². The van der Waals surface area contributed by atoms with Crippen molar-refractivity contribution < 1.29 is 14.7 Å². The molecule has 0 aliphatic heterocycles. The second-order valence-electron chi connectivity index (χ2n) is 4.78. The van der Waals surface area contributed by atoms with Gasteiger partial charge in [-0.3, -0.25) is 14.6 Å². The Morgan fingerprint density at radius 2 is 2.11 bits per heavy atom. The third kappa shape index (κ3) is 5.07. The number of pyridine rings is 1. The number of hydrogen-bond acceptors (Lipinski definition) is 3. The molecule has 0 saturated heterocycles. The van der Waals surface area contributed by atoms with Gasteiger partial charge in [-0.05, 0) is 31.5 Å². The van der Waals surface area contributed by atoms with Gasteiger partial charge in [0.15, 0.2) is 0 Å². The van der Waals surface area contributed by atoms with Crippen LogP contribution in [0.15, 0.2) is 18.3 Å². The molecule has 0 spiro atoms. The topological polar surface area (TPSA) is 70.5 Å². The second-order valence-corrected chi connectivity index (χ2v) is 4.78. The summed E-state index contributed by atoms with van der Waals surface area (Å²) in [5.41, 5.74) is 2.07. The fourth-order valence-corrected chi connectivity index (χ4v) is 1.79. The lowest BCUT2D eigenvalue weighted by atomic mass is 10.1. The minimum atomic E-state index is -0.949. The number of aromatic nitrogens is 1. The van der Waals surface area contributed by atoms with Gasteiger partial charge in [-0.1, -0.05) is 0 Å². The van der Waals surface area contributed by atoms with Crippen molar-refractivity contribution in [1.82, 2.24) is 9.88 Å². The summed E-state index contributed by atoms with van der Waals surface area (Å²) in [4.78, 5) is 28.1. The fraction of sp³-hybridized carbons (Fsp3) is 0.500. The molecule has 1 rings (SSSR count). The number of amides is 1. The molecular weight excluding hydrogens is 244 g/mol. The molecule has 0 aliphatic rings. The summed E-state index contributed by atoms with van der Waals surface area (Å²) in [5.74, 6) is -1.10. The highest BCUT2D eigenvalue weighted by Crippen LogP contribution is 2.09. The van der Waals surface area contributed by atoms with Crippen LogP contribution in [-0.2, 0) is 16.0 Å². The van der Waals surface area contributed by atoms with Gasteiger partial charge in [-0.15, -0.1) is 0 Å². The van der Waals surface area contributed by atoms with E-state index < -0.39 is 5.97 Å². The van der Waals surface area contributed by atoms with Crippen LogP contribution in [0.25, 0.3) is 0 Å². The van der Waals surface area contributed by atoms with Crippen LogP contribution in [0, 0.1) is 6.92 Å². The number of hydrogen-bond donors (Lipinski definition) is 1. The number of nitrogens with zero attached hydrogens (tertiary/aromatic N) is 2. The monoisotopic (exact) mass is 264 g/mol. The molecule has 1 aromatic rings. The third-order valence-electron chi connectivity index (χ3n) is 3.08. The molecule has 0 unspecified atom stereocenters. The summed E-state index contributed by atoms with van der Waals surface area (Å²) in [7, 11) is 1.70. The Kier molecular flexibility index (Phi) is 5.48. The molecule has 0 aromatic carbocycles. The van der Waals surface area contributed by atoms with E-state index in [-0.39, 0.29) is 24.8 Å². The van der Waals surface area contributed by atoms with Crippen LogP contribution >= 0.6 is 0 Å². The van der Waals surface area contributed by atoms with Crippen molar-refractivity contribution in [2.75, 3.05) is 7.05 Å². The first kappa shape index (κ1) is 15.1. The average molecular weight is 264 g/mol. The van der Waals surface area contributed by atoms with E-state index >= 15 is 0 Å². The summed E-state index contributed by atoms with van der Waals surface area (Å²) in [6, 6.07) is 3.91. The lowest BCUT2D eigenvalue weighted by Gasteiger charge is -2.24. The Hall–Kier alpha value is -1.91. The number of carboxylic acids is 1. The SMILES string of the molecule is Cc1ccnc(C[C@H](C)N(C)C(=O)CCC(=O)O)c1. The van der Waals surface area contributed by atoms with Crippen molar-refractivity contribution in [1.29, 1.82) is 0 Å². The van der Waals surface area contributed by atoms with Gasteiger partial charge in [-0.2, -0.15) is 0 Å². The molecule has 5 heteroatoms. The molecular formula is C14H20N2O3. The first-order valence-corrected chi connectivity index (χ1v) is 6.29. The highest BCUT2D eigenvalue weighted by Gasteiger charge is 2.17. The Bertz CT molecular complexity index is 460. The number of carbonyl (C=O) groups excluding carboxylic acids is 1. The average Bonchev–Trinajstić information content (AvgIpc) is 2.34. The summed E-state index contributed by atoms with van der Waals surface area (Å²) < 4.78 is 0. The normalized spacial score (nSPS) is 11.9. The van der Waals surface area contributed by atoms with Gasteiger partial charge >= 0.3 is 5.97 Å². The van der Waals surface area contributed by atoms with Crippen molar-refractivity contribution in [3.05, 3.63) is 29.6 Å². The van der Waals surface area contributed by atoms with Crippen LogP contribution in [0.3, 0.4) is 0 Å². The Morgan fingerprint density at radius 1 is 1.42 bits per heavy atom. The molecule has 1 heterocycles. The minimum absolute atomic E-state index is 0.00408. The van der Waals surface area contributed by atoms with Crippen LogP contribution in [0.5, 0.6) is 0 Å². The fourth-order valence-electron chi connectivity index (χ4n) is 1.79. The van der Waals surface area contributed by atoms with Crippen LogP contribution < -0.4 is 0 Å². The predicted molar refractivity (Wildman–Crippen MR) is 71.8 cm³/mol. The number of rotatable bonds is 6. The molecule has 0 fully saturated rings. The van der Waals surface area contributed by atoms with Crippen molar-refractivity contribution in [2.45, 2.75) is 39.2 Å². The quantitative estimate of drug-likeness (QED) is 0.848. The molecule has 1 amide bonds. The van der Waals surface area contributed by atoms with E-state index in [1.165, 1.54) is 0 Å². The van der Waals surface area contributed by atoms with Crippen molar-refractivity contribution in [2.24, 2.45) is 0 Å². The zero-order chi connectivity index (χ0) is 14.4. The summed E-state index contributed by atoms with van der Waals surface area (Å²) in [5, 5.41) is 8.57. The predicted octanol–water partition coefficient (Wildman–Crippen LogP) is 1.64. The Morgan fingerprint density at radius 3 is 2.68 bits per heavy atom. The first-order valence-electron chi connectivity index (χ1n) is 6.29. The molecule has 104 valence electrons. The van der Waals surface area contributed by atoms with Gasteiger partial charge in [0.05, 0.1) is 6.42 Å². The second kappa shape index (κ2) is 6.87. The smallest absolute Gasteiger partial charge is 0.303 e. The zero-order valence-corrected chi connectivity index (χ0v) is 11.6. The number of aliphatic carboxylic acids is 1. The van der Waals surface area contributed by atoms with Gasteiger partial charge in [-0.25, -0.2) is 0 Å². The maximum atomic E-state index is 11.8. The van der Waals surface area contributed by atoms with E-state index in [1.807, 2.05) is 26.0 Å². The first-order chi connectivity index (χ1) is 8.90. The van der Waals surface area contributed by atoms with Crippen molar-refractivity contribution in [3.63, 3.8) is 0 Å². The van der Waals surface area contributed by atoms with Crippen LogP contribution in [-0.4, -0.2) is 40.0 Å². The molecule has 1 aromatic heterocycles. The van der Waals surface area contributed by atoms with Crippen molar-refractivity contribution >= 4 is 11.9 Å². The lowest BCUT2D eigenvalue weighted by molar-refractivity contribution is -0.141. The van der Waals surface area contributed by atoms with E-state index in [0.717, 1.165) is 11.3 Å². The molecule has 19 heavy (non-hydrogen) atoms. The molecule has 0 radical (unpaired) electrons. The molecule has 1 N–H and O–H groups in total. The standard InChI is InChI=1S/C14H20N2O3/c1-10-6-7-15-12(8-10)9-11(2)16(3)13(17)4-5-14(18)19/h6-8,11H,4-5,9H2,1-3H3,(H,18,19)/t11-/m0/s1. The third-order valence-corrected chi connectivity index (χ3v) is 3.08. The maximum absolute atomic E-state index is 11.8. The largest absolute Gasteiger partial charge is 0.481 e.